The predicted molar refractivity (Wildman–Crippen MR) is 169 cm³/mol. The van der Waals surface area contributed by atoms with Crippen molar-refractivity contribution in [3.8, 4) is 11.1 Å². The van der Waals surface area contributed by atoms with Crippen LogP contribution in [0.15, 0.2) is 108 Å². The maximum atomic E-state index is 7.41. The topological polar surface area (TPSA) is 23.8 Å². The Morgan fingerprint density at radius 2 is 1.08 bits per heavy atom. The van der Waals surface area contributed by atoms with Crippen LogP contribution in [0.2, 0.25) is 0 Å². The van der Waals surface area contributed by atoms with Crippen LogP contribution in [-0.4, -0.2) is 16.3 Å². The first-order valence-corrected chi connectivity index (χ1v) is 14.1. The zero-order valence-corrected chi connectivity index (χ0v) is 29.3. The third kappa shape index (κ3) is 14.4. The predicted octanol–water partition coefficient (Wildman–Crippen LogP) is 9.23. The van der Waals surface area contributed by atoms with E-state index in [1.807, 2.05) is 40.6 Å². The molecule has 1 atom stereocenters. The van der Waals surface area contributed by atoms with E-state index in [1.165, 1.54) is 58.7 Å². The van der Waals surface area contributed by atoms with Crippen LogP contribution < -0.4 is 5.19 Å². The molecule has 0 heterocycles. The molecule has 1 nitrogen and oxygen atoms in total. The van der Waals surface area contributed by atoms with Gasteiger partial charge < -0.3 is 13.2 Å². The molecule has 1 saturated carbocycles. The molecule has 0 aromatic heterocycles. The fraction of sp³-hybridized carbons (Fsp3) is 0.343. The second kappa shape index (κ2) is 21.1. The summed E-state index contributed by atoms with van der Waals surface area (Å²) < 4.78 is 0. The summed E-state index contributed by atoms with van der Waals surface area (Å²) in [6.45, 7) is 8.67. The molecular weight excluding hydrogens is 641 g/mol. The number of allylic oxidation sites excluding steroid dienone is 4. The smallest absolute Gasteiger partial charge is 0.0477 e. The van der Waals surface area contributed by atoms with Gasteiger partial charge in [0.15, 0.2) is 0 Å². The molecule has 1 N–H and O–H groups in total. The van der Waals surface area contributed by atoms with Crippen molar-refractivity contribution in [2.75, 3.05) is 0 Å². The molecule has 5 rings (SSSR count). The molecule has 38 heavy (non-hydrogen) atoms. The van der Waals surface area contributed by atoms with E-state index in [2.05, 4.69) is 94.4 Å². The van der Waals surface area contributed by atoms with Gasteiger partial charge in [-0.3, -0.25) is 6.08 Å². The van der Waals surface area contributed by atoms with Crippen LogP contribution in [0.1, 0.15) is 66.2 Å². The van der Waals surface area contributed by atoms with E-state index in [-0.39, 0.29) is 39.3 Å². The third-order valence-corrected chi connectivity index (χ3v) is 7.29. The van der Waals surface area contributed by atoms with Crippen LogP contribution in [0.3, 0.4) is 0 Å². The molecule has 1 fully saturated rings. The Bertz CT molecular complexity index is 1000. The zero-order chi connectivity index (χ0) is 26.2. The standard InChI is InChI=1S/C12H10.C9H13.C7H14N.C6H7Si.CH3.Hf/c1-3-7-11(8-4-1)12-9-5-2-6-10-12;1-6-5-7(2)9(4)8(6)3;8-7-5-3-1-2-4-6-7;7-6-4-2-1-3-5-6;;/h1-10H;6H,1-4H3;7-8H,1-6H2;1-5H,7H2;1H3;/q;2*-1;;-1;. The van der Waals surface area contributed by atoms with Crippen LogP contribution in [0.5, 0.6) is 0 Å². The second-order valence-corrected chi connectivity index (χ2v) is 10.5. The third-order valence-electron chi connectivity index (χ3n) is 6.82. The molecule has 0 spiro atoms. The monoisotopic (exact) mass is 689 g/mol. The van der Waals surface area contributed by atoms with Crippen LogP contribution in [0.25, 0.3) is 16.9 Å². The average molecular weight is 688 g/mol. The Hall–Kier alpha value is -1.81. The van der Waals surface area contributed by atoms with Crippen LogP contribution in [0, 0.1) is 19.4 Å². The van der Waals surface area contributed by atoms with E-state index in [9.17, 15) is 0 Å². The maximum Gasteiger partial charge on any atom is 0.0477 e. The minimum Gasteiger partial charge on any atom is -0.675 e. The van der Waals surface area contributed by atoms with Gasteiger partial charge in [-0.2, -0.15) is 11.1 Å². The van der Waals surface area contributed by atoms with Crippen molar-refractivity contribution in [3.63, 3.8) is 0 Å². The molecule has 3 aromatic carbocycles. The van der Waals surface area contributed by atoms with E-state index >= 15 is 0 Å². The van der Waals surface area contributed by atoms with Crippen molar-refractivity contribution in [3.05, 3.63) is 127 Å². The van der Waals surface area contributed by atoms with Crippen molar-refractivity contribution in [1.82, 2.24) is 0 Å². The van der Waals surface area contributed by atoms with Gasteiger partial charge in [-0.25, -0.2) is 5.57 Å². The number of benzene rings is 3. The molecule has 3 heteroatoms. The fourth-order valence-electron chi connectivity index (χ4n) is 4.18. The van der Waals surface area contributed by atoms with Gasteiger partial charge in [0.25, 0.3) is 0 Å². The largest absolute Gasteiger partial charge is 0.675 e. The van der Waals surface area contributed by atoms with Crippen LogP contribution >= 0.6 is 0 Å². The fourth-order valence-corrected chi connectivity index (χ4v) is 4.45. The van der Waals surface area contributed by atoms with Crippen LogP contribution in [0.4, 0.5) is 0 Å². The minimum absolute atomic E-state index is 0. The van der Waals surface area contributed by atoms with Crippen molar-refractivity contribution in [1.29, 1.82) is 0 Å². The van der Waals surface area contributed by atoms with Gasteiger partial charge in [-0.15, -0.1) is 13.0 Å². The first-order valence-electron chi connectivity index (χ1n) is 13.3. The Kier molecular flexibility index (Phi) is 20.1. The first kappa shape index (κ1) is 36.2. The molecule has 0 saturated heterocycles. The number of hydrogen-bond acceptors (Lipinski definition) is 0. The summed E-state index contributed by atoms with van der Waals surface area (Å²) in [5.74, 6) is 0.560. The summed E-state index contributed by atoms with van der Waals surface area (Å²) in [5, 5.41) is 1.35. The van der Waals surface area contributed by atoms with Gasteiger partial charge in [0, 0.05) is 36.1 Å². The summed E-state index contributed by atoms with van der Waals surface area (Å²) >= 11 is 0. The summed E-state index contributed by atoms with van der Waals surface area (Å²) in [6.07, 6.45) is 11.0. The maximum absolute atomic E-state index is 7.41. The quantitative estimate of drug-likeness (QED) is 0.138. The van der Waals surface area contributed by atoms with Gasteiger partial charge in [-0.1, -0.05) is 161 Å². The van der Waals surface area contributed by atoms with E-state index < -0.39 is 0 Å². The normalized spacial score (nSPS) is 16.4. The Morgan fingerprint density at radius 1 is 0.684 bits per heavy atom. The molecular formula is C35H47HfNSi-3. The van der Waals surface area contributed by atoms with Gasteiger partial charge in [0.05, 0.1) is 0 Å². The second-order valence-electron chi connectivity index (χ2n) is 9.71. The van der Waals surface area contributed by atoms with E-state index in [4.69, 9.17) is 5.73 Å². The van der Waals surface area contributed by atoms with Crippen LogP contribution in [-0.2, 0) is 25.8 Å². The summed E-state index contributed by atoms with van der Waals surface area (Å²) in [6, 6.07) is 31.4. The molecule has 1 radical (unpaired) electrons. The van der Waals surface area contributed by atoms with E-state index in [0.29, 0.717) is 5.92 Å². The Balaban J connectivity index is 0.000000482. The zero-order valence-electron chi connectivity index (χ0n) is 24.3. The average Bonchev–Trinajstić information content (AvgIpc) is 3.07. The Morgan fingerprint density at radius 3 is 1.34 bits per heavy atom. The van der Waals surface area contributed by atoms with Gasteiger partial charge in [0.1, 0.15) is 0 Å². The van der Waals surface area contributed by atoms with E-state index in [1.54, 1.807) is 0 Å². The molecule has 2 aliphatic carbocycles. The van der Waals surface area contributed by atoms with Gasteiger partial charge in [-0.05, 0) is 11.1 Å². The van der Waals surface area contributed by atoms with Crippen molar-refractivity contribution in [2.24, 2.45) is 5.92 Å². The molecule has 3 aromatic rings. The summed E-state index contributed by atoms with van der Waals surface area (Å²) in [7, 11) is 1.90. The van der Waals surface area contributed by atoms with Gasteiger partial charge in [0.2, 0.25) is 0 Å². The van der Waals surface area contributed by atoms with Crippen molar-refractivity contribution in [2.45, 2.75) is 72.3 Å². The Labute approximate surface area is 256 Å². The summed E-state index contributed by atoms with van der Waals surface area (Å²) in [4.78, 5) is 0. The van der Waals surface area contributed by atoms with Crippen molar-refractivity contribution >= 4 is 15.4 Å². The molecule has 0 amide bonds. The SMILES string of the molecule is CC1=[C-]C(C)C(C)=C1C.[CH3-].[Hf].[NH-]C1CCCCCC1.[SiH2]c1ccccc1.c1ccc(-c2ccccc2)cc1. The molecule has 203 valence electrons. The van der Waals surface area contributed by atoms with E-state index in [0.717, 1.165) is 12.8 Å². The van der Waals surface area contributed by atoms with Crippen molar-refractivity contribution < 1.29 is 25.8 Å². The number of rotatable bonds is 1. The number of nitrogens with one attached hydrogen (secondary N) is 1. The first-order chi connectivity index (χ1) is 17.4. The molecule has 2 aliphatic rings. The number of hydrogen-bond donors (Lipinski definition) is 0. The molecule has 0 aliphatic heterocycles. The minimum atomic E-state index is 0. The molecule has 0 bridgehead atoms. The summed E-state index contributed by atoms with van der Waals surface area (Å²) in [5.41, 5.74) is 14.2. The van der Waals surface area contributed by atoms with Gasteiger partial charge >= 0.3 is 0 Å². The molecule has 1 unspecified atom stereocenters.